The second kappa shape index (κ2) is 6.83. The number of halogens is 1. The molecule has 3 rings (SSSR count). The molecule has 4 nitrogen and oxygen atoms in total. The predicted molar refractivity (Wildman–Crippen MR) is 103 cm³/mol. The van der Waals surface area contributed by atoms with Crippen LogP contribution in [-0.4, -0.2) is 16.2 Å². The van der Waals surface area contributed by atoms with E-state index in [1.807, 2.05) is 26.0 Å². The Morgan fingerprint density at radius 1 is 1.17 bits per heavy atom. The molecule has 1 aliphatic heterocycles. The van der Waals surface area contributed by atoms with E-state index in [1.54, 1.807) is 30.3 Å². The maximum absolute atomic E-state index is 12.1. The van der Waals surface area contributed by atoms with Crippen LogP contribution in [0.15, 0.2) is 50.8 Å². The summed E-state index contributed by atoms with van der Waals surface area (Å²) >= 11 is 4.84. The van der Waals surface area contributed by atoms with Crippen LogP contribution in [0.1, 0.15) is 16.7 Å². The summed E-state index contributed by atoms with van der Waals surface area (Å²) in [5, 5.41) is 12.7. The fourth-order valence-corrected chi connectivity index (χ4v) is 3.38. The standard InChI is InChI=1S/C18H15BrN2O2S/c1-10-7-13(8-11(2)16(10)19)20-18-21-17(23)15(24-18)9-12-3-5-14(22)6-4-12/h3-9,22H,1-2H3,(H,20,21,23)/b15-9-. The quantitative estimate of drug-likeness (QED) is 0.717. The Kier molecular flexibility index (Phi) is 4.78. The Hall–Kier alpha value is -2.05. The predicted octanol–water partition coefficient (Wildman–Crippen LogP) is 4.66. The molecule has 0 spiro atoms. The molecular weight excluding hydrogens is 388 g/mol. The zero-order valence-electron chi connectivity index (χ0n) is 13.1. The highest BCUT2D eigenvalue weighted by atomic mass is 79.9. The summed E-state index contributed by atoms with van der Waals surface area (Å²) in [6, 6.07) is 10.6. The van der Waals surface area contributed by atoms with Crippen LogP contribution < -0.4 is 5.32 Å². The molecule has 0 saturated carbocycles. The number of hydrogen-bond donors (Lipinski definition) is 2. The number of rotatable bonds is 2. The van der Waals surface area contributed by atoms with Crippen molar-refractivity contribution in [1.82, 2.24) is 5.32 Å². The van der Waals surface area contributed by atoms with Crippen LogP contribution in [-0.2, 0) is 4.79 Å². The molecule has 122 valence electrons. The molecule has 1 heterocycles. The number of hydrogen-bond acceptors (Lipinski definition) is 4. The number of nitrogens with zero attached hydrogens (tertiary/aromatic N) is 1. The number of aliphatic imine (C=N–C) groups is 1. The topological polar surface area (TPSA) is 61.7 Å². The molecule has 1 fully saturated rings. The van der Waals surface area contributed by atoms with Crippen LogP contribution >= 0.6 is 27.7 Å². The number of carbonyl (C=O) groups is 1. The van der Waals surface area contributed by atoms with Gasteiger partial charge in [0.1, 0.15) is 5.75 Å². The van der Waals surface area contributed by atoms with E-state index in [2.05, 4.69) is 26.2 Å². The highest BCUT2D eigenvalue weighted by Crippen LogP contribution is 2.31. The minimum Gasteiger partial charge on any atom is -0.508 e. The lowest BCUT2D eigenvalue weighted by Crippen LogP contribution is -2.19. The molecule has 0 aliphatic carbocycles. The summed E-state index contributed by atoms with van der Waals surface area (Å²) in [4.78, 5) is 17.2. The molecule has 0 radical (unpaired) electrons. The molecule has 2 aromatic carbocycles. The van der Waals surface area contributed by atoms with Gasteiger partial charge in [-0.05, 0) is 72.6 Å². The number of amides is 1. The van der Waals surface area contributed by atoms with Gasteiger partial charge in [-0.15, -0.1) is 0 Å². The van der Waals surface area contributed by atoms with Crippen LogP contribution in [0.2, 0.25) is 0 Å². The molecule has 24 heavy (non-hydrogen) atoms. The monoisotopic (exact) mass is 402 g/mol. The van der Waals surface area contributed by atoms with Crippen molar-refractivity contribution in [2.24, 2.45) is 4.99 Å². The molecule has 6 heteroatoms. The summed E-state index contributed by atoms with van der Waals surface area (Å²) in [6.45, 7) is 4.02. The van der Waals surface area contributed by atoms with E-state index in [1.165, 1.54) is 11.8 Å². The molecule has 0 atom stereocenters. The van der Waals surface area contributed by atoms with Crippen molar-refractivity contribution in [3.8, 4) is 5.75 Å². The third-order valence-corrected chi connectivity index (χ3v) is 5.65. The van der Waals surface area contributed by atoms with Crippen molar-refractivity contribution in [2.75, 3.05) is 0 Å². The number of amidine groups is 1. The molecule has 0 aromatic heterocycles. The van der Waals surface area contributed by atoms with Gasteiger partial charge in [0.05, 0.1) is 10.6 Å². The normalized spacial score (nSPS) is 17.5. The Morgan fingerprint density at radius 3 is 2.42 bits per heavy atom. The minimum absolute atomic E-state index is 0.169. The first-order chi connectivity index (χ1) is 11.4. The number of nitrogens with one attached hydrogen (secondary N) is 1. The van der Waals surface area contributed by atoms with Gasteiger partial charge in [-0.1, -0.05) is 28.1 Å². The Labute approximate surface area is 152 Å². The summed E-state index contributed by atoms with van der Waals surface area (Å²) in [5.41, 5.74) is 3.86. The number of carbonyl (C=O) groups excluding carboxylic acids is 1. The number of thioether (sulfide) groups is 1. The number of phenols is 1. The lowest BCUT2D eigenvalue weighted by atomic mass is 10.1. The Morgan fingerprint density at radius 2 is 1.79 bits per heavy atom. The third-order valence-electron chi connectivity index (χ3n) is 3.49. The lowest BCUT2D eigenvalue weighted by Gasteiger charge is -2.04. The molecule has 1 saturated heterocycles. The Bertz CT molecular complexity index is 850. The molecule has 1 amide bonds. The van der Waals surface area contributed by atoms with E-state index >= 15 is 0 Å². The highest BCUT2D eigenvalue weighted by molar-refractivity contribution is 9.10. The maximum atomic E-state index is 12.1. The SMILES string of the molecule is Cc1cc(N=C2NC(=O)/C(=C/c3ccc(O)cc3)S2)cc(C)c1Br. The van der Waals surface area contributed by atoms with E-state index in [0.29, 0.717) is 10.1 Å². The summed E-state index contributed by atoms with van der Waals surface area (Å²) in [7, 11) is 0. The third kappa shape index (κ3) is 3.71. The van der Waals surface area contributed by atoms with Gasteiger partial charge in [-0.2, -0.15) is 0 Å². The van der Waals surface area contributed by atoms with Crippen molar-refractivity contribution in [2.45, 2.75) is 13.8 Å². The molecule has 0 unspecified atom stereocenters. The van der Waals surface area contributed by atoms with Crippen molar-refractivity contribution in [3.05, 3.63) is 62.5 Å². The molecule has 2 N–H and O–H groups in total. The van der Waals surface area contributed by atoms with E-state index in [4.69, 9.17) is 0 Å². The smallest absolute Gasteiger partial charge is 0.264 e. The van der Waals surface area contributed by atoms with E-state index < -0.39 is 0 Å². The zero-order valence-corrected chi connectivity index (χ0v) is 15.5. The number of aryl methyl sites for hydroxylation is 2. The minimum atomic E-state index is -0.169. The van der Waals surface area contributed by atoms with E-state index in [0.717, 1.165) is 26.9 Å². The average molecular weight is 403 g/mol. The van der Waals surface area contributed by atoms with Crippen molar-refractivity contribution in [3.63, 3.8) is 0 Å². The first-order valence-electron chi connectivity index (χ1n) is 7.28. The van der Waals surface area contributed by atoms with Crippen LogP contribution in [0.5, 0.6) is 5.75 Å². The van der Waals surface area contributed by atoms with Gasteiger partial charge in [0.25, 0.3) is 5.91 Å². The summed E-state index contributed by atoms with van der Waals surface area (Å²) < 4.78 is 1.07. The van der Waals surface area contributed by atoms with Gasteiger partial charge in [0.15, 0.2) is 5.17 Å². The van der Waals surface area contributed by atoms with Crippen LogP contribution in [0.3, 0.4) is 0 Å². The molecule has 0 bridgehead atoms. The zero-order chi connectivity index (χ0) is 17.3. The fraction of sp³-hybridized carbons (Fsp3) is 0.111. The first kappa shape index (κ1) is 16.8. The fourth-order valence-electron chi connectivity index (χ4n) is 2.31. The first-order valence-corrected chi connectivity index (χ1v) is 8.89. The molecular formula is C18H15BrN2O2S. The van der Waals surface area contributed by atoms with Gasteiger partial charge in [0, 0.05) is 4.47 Å². The second-order valence-electron chi connectivity index (χ2n) is 5.47. The van der Waals surface area contributed by atoms with Crippen LogP contribution in [0.25, 0.3) is 6.08 Å². The van der Waals surface area contributed by atoms with Gasteiger partial charge in [0.2, 0.25) is 0 Å². The maximum Gasteiger partial charge on any atom is 0.264 e. The Balaban J connectivity index is 1.85. The number of benzene rings is 2. The largest absolute Gasteiger partial charge is 0.508 e. The number of phenolic OH excluding ortho intramolecular Hbond substituents is 1. The average Bonchev–Trinajstić information content (AvgIpc) is 2.86. The van der Waals surface area contributed by atoms with Gasteiger partial charge in [-0.3, -0.25) is 4.79 Å². The highest BCUT2D eigenvalue weighted by Gasteiger charge is 2.23. The van der Waals surface area contributed by atoms with Gasteiger partial charge < -0.3 is 10.4 Å². The van der Waals surface area contributed by atoms with E-state index in [-0.39, 0.29) is 11.7 Å². The van der Waals surface area contributed by atoms with E-state index in [9.17, 15) is 9.90 Å². The second-order valence-corrected chi connectivity index (χ2v) is 7.29. The molecule has 1 aliphatic rings. The van der Waals surface area contributed by atoms with Crippen LogP contribution in [0.4, 0.5) is 5.69 Å². The summed E-state index contributed by atoms with van der Waals surface area (Å²) in [6.07, 6.45) is 1.78. The molecule has 2 aromatic rings. The van der Waals surface area contributed by atoms with Crippen LogP contribution in [0, 0.1) is 13.8 Å². The van der Waals surface area contributed by atoms with Gasteiger partial charge >= 0.3 is 0 Å². The summed E-state index contributed by atoms with van der Waals surface area (Å²) in [5.74, 6) is 0.0290. The van der Waals surface area contributed by atoms with Crippen molar-refractivity contribution in [1.29, 1.82) is 0 Å². The van der Waals surface area contributed by atoms with Crippen molar-refractivity contribution >= 4 is 50.5 Å². The van der Waals surface area contributed by atoms with Crippen molar-refractivity contribution < 1.29 is 9.90 Å². The lowest BCUT2D eigenvalue weighted by molar-refractivity contribution is -0.115. The number of aromatic hydroxyl groups is 1. The van der Waals surface area contributed by atoms with Gasteiger partial charge in [-0.25, -0.2) is 4.99 Å².